The third-order valence-corrected chi connectivity index (χ3v) is 2.51. The van der Waals surface area contributed by atoms with Gasteiger partial charge >= 0.3 is 11.9 Å². The number of alkyl halides is 2. The second-order valence-corrected chi connectivity index (χ2v) is 4.04. The molecule has 19 heavy (non-hydrogen) atoms. The second kappa shape index (κ2) is 5.75. The zero-order chi connectivity index (χ0) is 14.8. The fourth-order valence-electron chi connectivity index (χ4n) is 1.39. The molecule has 8 heteroatoms. The predicted octanol–water partition coefficient (Wildman–Crippen LogP) is 2.82. The zero-order valence-electron chi connectivity index (χ0n) is 9.72. The number of hydrogen-bond acceptors (Lipinski definition) is 3. The van der Waals surface area contributed by atoms with Crippen molar-refractivity contribution in [3.8, 4) is 0 Å². The average Bonchev–Trinajstić information content (AvgIpc) is 2.27. The summed E-state index contributed by atoms with van der Waals surface area (Å²) in [6, 6.07) is -1.26. The van der Waals surface area contributed by atoms with Crippen molar-refractivity contribution in [1.82, 2.24) is 0 Å². The van der Waals surface area contributed by atoms with Crippen LogP contribution in [0.5, 0.6) is 0 Å². The number of hydrogen-bond donors (Lipinski definition) is 1. The van der Waals surface area contributed by atoms with Crippen molar-refractivity contribution in [3.63, 3.8) is 0 Å². The van der Waals surface area contributed by atoms with Gasteiger partial charge in [-0.1, -0.05) is 11.6 Å². The lowest BCUT2D eigenvalue weighted by Gasteiger charge is -2.22. The van der Waals surface area contributed by atoms with Gasteiger partial charge in [0.15, 0.2) is 0 Å². The molecule has 0 radical (unpaired) electrons. The maximum absolute atomic E-state index is 13.6. The van der Waals surface area contributed by atoms with Crippen LogP contribution in [0.4, 0.5) is 17.6 Å². The summed E-state index contributed by atoms with van der Waals surface area (Å²) >= 11 is 5.35. The summed E-state index contributed by atoms with van der Waals surface area (Å²) in [6.45, 7) is 0.996. The molecule has 0 aliphatic heterocycles. The van der Waals surface area contributed by atoms with Gasteiger partial charge in [0.1, 0.15) is 17.7 Å². The molecule has 1 atom stereocenters. The van der Waals surface area contributed by atoms with Crippen molar-refractivity contribution >= 4 is 17.6 Å². The van der Waals surface area contributed by atoms with Gasteiger partial charge in [-0.3, -0.25) is 0 Å². The van der Waals surface area contributed by atoms with Crippen LogP contribution in [0.1, 0.15) is 18.5 Å². The van der Waals surface area contributed by atoms with Crippen LogP contribution >= 0.6 is 11.6 Å². The fraction of sp³-hybridized carbons (Fsp3) is 0.364. The quantitative estimate of drug-likeness (QED) is 0.687. The highest BCUT2D eigenvalue weighted by atomic mass is 35.5. The molecule has 106 valence electrons. The van der Waals surface area contributed by atoms with E-state index in [4.69, 9.17) is 17.3 Å². The first kappa shape index (κ1) is 15.7. The summed E-state index contributed by atoms with van der Waals surface area (Å²) in [5.74, 6) is -8.93. The Morgan fingerprint density at radius 2 is 1.89 bits per heavy atom. The number of ether oxygens (including phenoxy) is 1. The molecule has 0 spiro atoms. The minimum Gasteiger partial charge on any atom is -0.462 e. The molecule has 0 saturated heterocycles. The molecule has 0 heterocycles. The average molecular weight is 300 g/mol. The Kier molecular flexibility index (Phi) is 4.75. The third kappa shape index (κ3) is 3.16. The molecule has 0 amide bonds. The van der Waals surface area contributed by atoms with Gasteiger partial charge in [0.25, 0.3) is 0 Å². The maximum Gasteiger partial charge on any atom is 0.379 e. The third-order valence-electron chi connectivity index (χ3n) is 2.29. The molecule has 0 saturated carbocycles. The van der Waals surface area contributed by atoms with Crippen molar-refractivity contribution < 1.29 is 27.1 Å². The van der Waals surface area contributed by atoms with Gasteiger partial charge in [0.2, 0.25) is 0 Å². The highest BCUT2D eigenvalue weighted by Crippen LogP contribution is 2.34. The Bertz CT molecular complexity index is 473. The van der Waals surface area contributed by atoms with E-state index in [0.717, 1.165) is 0 Å². The Morgan fingerprint density at radius 3 is 2.32 bits per heavy atom. The number of rotatable bonds is 4. The lowest BCUT2D eigenvalue weighted by Crippen LogP contribution is -2.42. The normalized spacial score (nSPS) is 13.2. The summed E-state index contributed by atoms with van der Waals surface area (Å²) in [5.41, 5.74) is 3.96. The first-order valence-corrected chi connectivity index (χ1v) is 5.54. The molecule has 1 aromatic carbocycles. The summed E-state index contributed by atoms with van der Waals surface area (Å²) in [6.07, 6.45) is 0. The molecule has 0 unspecified atom stereocenters. The number of halogens is 5. The highest BCUT2D eigenvalue weighted by Gasteiger charge is 2.49. The van der Waals surface area contributed by atoms with Gasteiger partial charge in [0.05, 0.1) is 6.61 Å². The van der Waals surface area contributed by atoms with Gasteiger partial charge in [-0.25, -0.2) is 13.6 Å². The van der Waals surface area contributed by atoms with Crippen LogP contribution in [0.15, 0.2) is 12.1 Å². The van der Waals surface area contributed by atoms with E-state index in [-0.39, 0.29) is 11.6 Å². The van der Waals surface area contributed by atoms with E-state index in [1.165, 1.54) is 6.92 Å². The van der Waals surface area contributed by atoms with Crippen LogP contribution < -0.4 is 5.73 Å². The minimum absolute atomic E-state index is 0.313. The summed E-state index contributed by atoms with van der Waals surface area (Å²) in [7, 11) is 0. The van der Waals surface area contributed by atoms with Crippen molar-refractivity contribution in [2.45, 2.75) is 18.9 Å². The van der Waals surface area contributed by atoms with Crippen LogP contribution in [-0.4, -0.2) is 18.5 Å². The van der Waals surface area contributed by atoms with Gasteiger partial charge in [-0.15, -0.1) is 0 Å². The fourth-order valence-corrected chi connectivity index (χ4v) is 1.58. The number of nitrogens with two attached hydrogens (primary N) is 1. The van der Waals surface area contributed by atoms with Crippen molar-refractivity contribution in [1.29, 1.82) is 0 Å². The van der Waals surface area contributed by atoms with Crippen molar-refractivity contribution in [3.05, 3.63) is 34.4 Å². The van der Waals surface area contributed by atoms with Gasteiger partial charge in [-0.05, 0) is 19.1 Å². The molecule has 3 nitrogen and oxygen atoms in total. The van der Waals surface area contributed by atoms with Crippen molar-refractivity contribution in [2.75, 3.05) is 6.61 Å². The monoisotopic (exact) mass is 299 g/mol. The Labute approximate surface area is 111 Å². The van der Waals surface area contributed by atoms with Crippen LogP contribution in [0.3, 0.4) is 0 Å². The molecule has 1 rings (SSSR count). The molecular formula is C11H10ClF4NO2. The first-order valence-electron chi connectivity index (χ1n) is 5.16. The van der Waals surface area contributed by atoms with Crippen LogP contribution in [0.2, 0.25) is 5.02 Å². The minimum atomic E-state index is -4.26. The number of carbonyl (C=O) groups excluding carboxylic acids is 1. The first-order chi connectivity index (χ1) is 8.71. The van der Waals surface area contributed by atoms with E-state index >= 15 is 0 Å². The number of carbonyl (C=O) groups is 1. The maximum atomic E-state index is 13.6. The molecule has 0 aromatic heterocycles. The summed E-state index contributed by atoms with van der Waals surface area (Å²) in [5, 5.41) is -0.314. The SMILES string of the molecule is CCOC(=O)C(F)(F)[C@H](N)c1c(F)cc(Cl)cc1F. The van der Waals surface area contributed by atoms with E-state index in [1.54, 1.807) is 0 Å². The van der Waals surface area contributed by atoms with Gasteiger partial charge < -0.3 is 10.5 Å². The smallest absolute Gasteiger partial charge is 0.379 e. The van der Waals surface area contributed by atoms with Crippen LogP contribution in [-0.2, 0) is 9.53 Å². The summed E-state index contributed by atoms with van der Waals surface area (Å²) in [4.78, 5) is 11.0. The number of esters is 1. The molecule has 0 bridgehead atoms. The Hall–Kier alpha value is -1.34. The largest absolute Gasteiger partial charge is 0.462 e. The molecule has 0 aliphatic carbocycles. The second-order valence-electron chi connectivity index (χ2n) is 3.60. The highest BCUT2D eigenvalue weighted by molar-refractivity contribution is 6.30. The van der Waals surface area contributed by atoms with Gasteiger partial charge in [-0.2, -0.15) is 8.78 Å². The van der Waals surface area contributed by atoms with E-state index in [0.29, 0.717) is 12.1 Å². The Balaban J connectivity index is 3.19. The molecule has 0 aliphatic rings. The standard InChI is InChI=1S/C11H10ClF4NO2/c1-2-19-10(18)11(15,16)9(17)8-6(13)3-5(12)4-7(8)14/h3-4,9H,2,17H2,1H3/t9-/m1/s1. The van der Waals surface area contributed by atoms with E-state index in [9.17, 15) is 22.4 Å². The molecule has 2 N–H and O–H groups in total. The topological polar surface area (TPSA) is 52.3 Å². The lowest BCUT2D eigenvalue weighted by atomic mass is 10.00. The molecular weight excluding hydrogens is 290 g/mol. The van der Waals surface area contributed by atoms with Gasteiger partial charge in [0, 0.05) is 10.6 Å². The molecule has 1 aromatic rings. The number of benzene rings is 1. The van der Waals surface area contributed by atoms with E-state index in [2.05, 4.69) is 4.74 Å². The van der Waals surface area contributed by atoms with Crippen molar-refractivity contribution in [2.24, 2.45) is 5.73 Å². The predicted molar refractivity (Wildman–Crippen MR) is 59.9 cm³/mol. The van der Waals surface area contributed by atoms with E-state index in [1.807, 2.05) is 0 Å². The van der Waals surface area contributed by atoms with Crippen LogP contribution in [0.25, 0.3) is 0 Å². The lowest BCUT2D eigenvalue weighted by molar-refractivity contribution is -0.175. The van der Waals surface area contributed by atoms with Crippen LogP contribution in [0, 0.1) is 11.6 Å². The molecule has 0 fully saturated rings. The summed E-state index contributed by atoms with van der Waals surface area (Å²) < 4.78 is 58.2. The zero-order valence-corrected chi connectivity index (χ0v) is 10.5. The Morgan fingerprint density at radius 1 is 1.42 bits per heavy atom. The van der Waals surface area contributed by atoms with E-state index < -0.39 is 35.1 Å².